The molecule has 27 heavy (non-hydrogen) atoms. The molecule has 1 aliphatic heterocycles. The molecular weight excluding hydrogens is 336 g/mol. The third-order valence-corrected chi connectivity index (χ3v) is 5.73. The number of H-pyrrole nitrogens is 3. The summed E-state index contributed by atoms with van der Waals surface area (Å²) in [6, 6.07) is 14.6. The Morgan fingerprint density at radius 2 is 1.81 bits per heavy atom. The van der Waals surface area contributed by atoms with E-state index in [0.717, 1.165) is 47.1 Å². The highest BCUT2D eigenvalue weighted by atomic mass is 16.1. The molecule has 5 aromatic rings. The van der Waals surface area contributed by atoms with E-state index in [9.17, 15) is 4.79 Å². The number of rotatable bonds is 2. The lowest BCUT2D eigenvalue weighted by atomic mass is 9.98. The van der Waals surface area contributed by atoms with Crippen LogP contribution in [-0.4, -0.2) is 19.7 Å². The first kappa shape index (κ1) is 14.7. The molecule has 0 fully saturated rings. The molecule has 4 heterocycles. The molecule has 0 spiro atoms. The fraction of sp³-hybridized carbons (Fsp3) is 0.136. The quantitative estimate of drug-likeness (QED) is 0.431. The summed E-state index contributed by atoms with van der Waals surface area (Å²) in [7, 11) is 0. The fourth-order valence-corrected chi connectivity index (χ4v) is 4.55. The molecule has 0 unspecified atom stereocenters. The smallest absolute Gasteiger partial charge is 0.272 e. The number of hydrogen-bond donors (Lipinski definition) is 3. The molecule has 2 aromatic carbocycles. The van der Waals surface area contributed by atoms with Crippen LogP contribution in [-0.2, 0) is 13.0 Å². The molecule has 3 aromatic heterocycles. The Labute approximate surface area is 154 Å². The summed E-state index contributed by atoms with van der Waals surface area (Å²) in [5, 5.41) is 8.21. The first-order chi connectivity index (χ1) is 13.3. The van der Waals surface area contributed by atoms with E-state index < -0.39 is 0 Å². The standard InChI is InChI=1S/C22H18N4O/c27-22-19(16-11-23-18-9-2-1-7-14(16)18)20(24-25-22)17-12-26-10-4-6-13-5-3-8-15(17)21(13)26/h1-3,5,7-9,11-12,23H,4,6,10H2,(H2,24,25,27). The third-order valence-electron chi connectivity index (χ3n) is 5.73. The Morgan fingerprint density at radius 1 is 0.926 bits per heavy atom. The summed E-state index contributed by atoms with van der Waals surface area (Å²) in [6.07, 6.45) is 6.37. The van der Waals surface area contributed by atoms with E-state index in [1.54, 1.807) is 0 Å². The van der Waals surface area contributed by atoms with Crippen LogP contribution in [0.15, 0.2) is 59.7 Å². The van der Waals surface area contributed by atoms with E-state index in [4.69, 9.17) is 0 Å². The average molecular weight is 354 g/mol. The van der Waals surface area contributed by atoms with Crippen LogP contribution in [0.3, 0.4) is 0 Å². The Morgan fingerprint density at radius 3 is 2.78 bits per heavy atom. The Kier molecular flexibility index (Phi) is 2.86. The van der Waals surface area contributed by atoms with Crippen molar-refractivity contribution in [2.75, 3.05) is 0 Å². The molecule has 132 valence electrons. The van der Waals surface area contributed by atoms with Crippen molar-refractivity contribution in [2.24, 2.45) is 0 Å². The third kappa shape index (κ3) is 1.96. The van der Waals surface area contributed by atoms with Crippen LogP contribution in [0, 0.1) is 0 Å². The molecule has 6 rings (SSSR count). The van der Waals surface area contributed by atoms with Gasteiger partial charge in [0.25, 0.3) is 5.56 Å². The second kappa shape index (κ2) is 5.27. The fourth-order valence-electron chi connectivity index (χ4n) is 4.55. The lowest BCUT2D eigenvalue weighted by Gasteiger charge is -2.14. The molecular formula is C22H18N4O. The molecule has 0 amide bonds. The molecule has 0 bridgehead atoms. The number of hydrogen-bond acceptors (Lipinski definition) is 1. The summed E-state index contributed by atoms with van der Waals surface area (Å²) >= 11 is 0. The van der Waals surface area contributed by atoms with Crippen molar-refractivity contribution >= 4 is 21.8 Å². The molecule has 1 aliphatic rings. The molecule has 0 aliphatic carbocycles. The topological polar surface area (TPSA) is 69.4 Å². The lowest BCUT2D eigenvalue weighted by Crippen LogP contribution is -2.05. The van der Waals surface area contributed by atoms with E-state index in [-0.39, 0.29) is 5.56 Å². The van der Waals surface area contributed by atoms with E-state index in [1.165, 1.54) is 16.5 Å². The van der Waals surface area contributed by atoms with Crippen molar-refractivity contribution < 1.29 is 0 Å². The highest BCUT2D eigenvalue weighted by molar-refractivity contribution is 6.04. The Hall–Kier alpha value is -3.47. The van der Waals surface area contributed by atoms with Crippen LogP contribution in [0.25, 0.3) is 44.2 Å². The van der Waals surface area contributed by atoms with E-state index >= 15 is 0 Å². The second-order valence-electron chi connectivity index (χ2n) is 7.23. The van der Waals surface area contributed by atoms with Gasteiger partial charge in [-0.15, -0.1) is 0 Å². The summed E-state index contributed by atoms with van der Waals surface area (Å²) in [4.78, 5) is 16.0. The number of aryl methyl sites for hydroxylation is 2. The number of nitrogens with zero attached hydrogens (tertiary/aromatic N) is 1. The lowest BCUT2D eigenvalue weighted by molar-refractivity contribution is 0.636. The summed E-state index contributed by atoms with van der Waals surface area (Å²) in [5.41, 5.74) is 7.16. The number of aromatic nitrogens is 4. The van der Waals surface area contributed by atoms with E-state index in [2.05, 4.69) is 44.1 Å². The van der Waals surface area contributed by atoms with Crippen LogP contribution in [0.1, 0.15) is 12.0 Å². The Bertz CT molecular complexity index is 1380. The minimum absolute atomic E-state index is 0.0957. The Balaban J connectivity index is 1.67. The highest BCUT2D eigenvalue weighted by Crippen LogP contribution is 2.38. The molecule has 3 N–H and O–H groups in total. The van der Waals surface area contributed by atoms with E-state index in [1.807, 2.05) is 30.5 Å². The van der Waals surface area contributed by atoms with Gasteiger partial charge < -0.3 is 9.55 Å². The van der Waals surface area contributed by atoms with Crippen molar-refractivity contribution in [3.63, 3.8) is 0 Å². The predicted octanol–water partition coefficient (Wildman–Crippen LogP) is 4.42. The van der Waals surface area contributed by atoms with Gasteiger partial charge in [0, 0.05) is 46.4 Å². The molecule has 0 radical (unpaired) electrons. The molecule has 0 saturated carbocycles. The largest absolute Gasteiger partial charge is 0.361 e. The number of benzene rings is 2. The molecule has 5 nitrogen and oxygen atoms in total. The first-order valence-electron chi connectivity index (χ1n) is 9.29. The summed E-state index contributed by atoms with van der Waals surface area (Å²) in [6.45, 7) is 1.02. The molecule has 5 heteroatoms. The number of fused-ring (bicyclic) bond motifs is 1. The SMILES string of the molecule is O=c1[nH][nH]c(-c2cn3c4c(cccc24)CCC3)c1-c1c[nH]c2ccccc12. The summed E-state index contributed by atoms with van der Waals surface area (Å²) < 4.78 is 2.33. The van der Waals surface area contributed by atoms with Gasteiger partial charge in [0.15, 0.2) is 0 Å². The monoisotopic (exact) mass is 354 g/mol. The normalized spacial score (nSPS) is 13.6. The van der Waals surface area contributed by atoms with E-state index in [0.29, 0.717) is 5.56 Å². The number of aromatic amines is 3. The van der Waals surface area contributed by atoms with Crippen LogP contribution < -0.4 is 5.56 Å². The van der Waals surface area contributed by atoms with Gasteiger partial charge in [-0.1, -0.05) is 36.4 Å². The average Bonchev–Trinajstić information content (AvgIpc) is 3.38. The minimum Gasteiger partial charge on any atom is -0.361 e. The van der Waals surface area contributed by atoms with Gasteiger partial charge in [-0.25, -0.2) is 0 Å². The second-order valence-corrected chi connectivity index (χ2v) is 7.23. The van der Waals surface area contributed by atoms with Gasteiger partial charge in [-0.05, 0) is 24.5 Å². The van der Waals surface area contributed by atoms with Crippen LogP contribution in [0.4, 0.5) is 0 Å². The molecule has 0 atom stereocenters. The van der Waals surface area contributed by atoms with Crippen molar-refractivity contribution in [1.29, 1.82) is 0 Å². The minimum atomic E-state index is -0.0957. The maximum Gasteiger partial charge on any atom is 0.272 e. The number of nitrogens with one attached hydrogen (secondary N) is 3. The van der Waals surface area contributed by atoms with Gasteiger partial charge in [-0.3, -0.25) is 15.0 Å². The van der Waals surface area contributed by atoms with Gasteiger partial charge in [-0.2, -0.15) is 0 Å². The van der Waals surface area contributed by atoms with Crippen LogP contribution >= 0.6 is 0 Å². The summed E-state index contributed by atoms with van der Waals surface area (Å²) in [5.74, 6) is 0. The van der Waals surface area contributed by atoms with Crippen molar-refractivity contribution in [2.45, 2.75) is 19.4 Å². The molecule has 0 saturated heterocycles. The zero-order chi connectivity index (χ0) is 18.0. The van der Waals surface area contributed by atoms with Crippen LogP contribution in [0.2, 0.25) is 0 Å². The van der Waals surface area contributed by atoms with Crippen LogP contribution in [0.5, 0.6) is 0 Å². The van der Waals surface area contributed by atoms with Crippen molar-refractivity contribution in [1.82, 2.24) is 19.7 Å². The zero-order valence-corrected chi connectivity index (χ0v) is 14.7. The number of para-hydroxylation sites is 2. The van der Waals surface area contributed by atoms with Crippen molar-refractivity contribution in [3.8, 4) is 22.4 Å². The van der Waals surface area contributed by atoms with Gasteiger partial charge in [0.05, 0.1) is 16.8 Å². The maximum atomic E-state index is 12.7. The van der Waals surface area contributed by atoms with Crippen molar-refractivity contribution in [3.05, 3.63) is 70.8 Å². The van der Waals surface area contributed by atoms with Gasteiger partial charge >= 0.3 is 0 Å². The highest BCUT2D eigenvalue weighted by Gasteiger charge is 2.22. The van der Waals surface area contributed by atoms with Gasteiger partial charge in [0.2, 0.25) is 0 Å². The zero-order valence-electron chi connectivity index (χ0n) is 14.7. The first-order valence-corrected chi connectivity index (χ1v) is 9.29. The van der Waals surface area contributed by atoms with Gasteiger partial charge in [0.1, 0.15) is 0 Å². The maximum absolute atomic E-state index is 12.7. The predicted molar refractivity (Wildman–Crippen MR) is 108 cm³/mol.